The molecule has 0 N–H and O–H groups in total. The molecule has 0 saturated carbocycles. The van der Waals surface area contributed by atoms with Gasteiger partial charge in [-0.25, -0.2) is 0 Å². The van der Waals surface area contributed by atoms with Crippen molar-refractivity contribution in [3.8, 4) is 5.75 Å². The largest absolute Gasteiger partial charge is 0.496 e. The number of ether oxygens (including phenoxy) is 1. The monoisotopic (exact) mass is 310 g/mol. The van der Waals surface area contributed by atoms with E-state index in [1.807, 2.05) is 0 Å². The molecule has 0 aliphatic rings. The highest BCUT2D eigenvalue weighted by molar-refractivity contribution is 9.10. The van der Waals surface area contributed by atoms with Gasteiger partial charge >= 0.3 is 6.18 Å². The predicted octanol–water partition coefficient (Wildman–Crippen LogP) is 3.61. The summed E-state index contributed by atoms with van der Waals surface area (Å²) in [4.78, 5) is 11.0. The number of ketones is 1. The lowest BCUT2D eigenvalue weighted by Crippen LogP contribution is -2.08. The minimum Gasteiger partial charge on any atom is -0.496 e. The van der Waals surface area contributed by atoms with Crippen LogP contribution in [0.15, 0.2) is 16.6 Å². The van der Waals surface area contributed by atoms with Crippen molar-refractivity contribution in [3.63, 3.8) is 0 Å². The van der Waals surface area contributed by atoms with Crippen LogP contribution >= 0.6 is 15.9 Å². The van der Waals surface area contributed by atoms with Crippen LogP contribution in [0.1, 0.15) is 18.1 Å². The zero-order chi connectivity index (χ0) is 13.2. The van der Waals surface area contributed by atoms with Crippen molar-refractivity contribution in [1.29, 1.82) is 0 Å². The number of rotatable bonds is 3. The first-order valence-corrected chi connectivity index (χ1v) is 5.48. The van der Waals surface area contributed by atoms with Crippen LogP contribution in [-0.4, -0.2) is 12.9 Å². The molecule has 1 aromatic carbocycles. The maximum Gasteiger partial charge on any atom is 0.416 e. The molecule has 0 amide bonds. The second-order valence-corrected chi connectivity index (χ2v) is 4.37. The number of benzene rings is 1. The molecule has 2 nitrogen and oxygen atoms in total. The Hall–Kier alpha value is -1.04. The van der Waals surface area contributed by atoms with Crippen LogP contribution in [0.5, 0.6) is 5.75 Å². The number of hydrogen-bond donors (Lipinski definition) is 0. The molecule has 0 saturated heterocycles. The van der Waals surface area contributed by atoms with E-state index in [-0.39, 0.29) is 22.4 Å². The van der Waals surface area contributed by atoms with E-state index in [2.05, 4.69) is 15.9 Å². The lowest BCUT2D eigenvalue weighted by molar-refractivity contribution is -0.137. The minimum absolute atomic E-state index is 0.0297. The summed E-state index contributed by atoms with van der Waals surface area (Å²) in [5.41, 5.74) is -0.387. The third-order valence-corrected chi connectivity index (χ3v) is 2.84. The van der Waals surface area contributed by atoms with Gasteiger partial charge in [0.1, 0.15) is 11.5 Å². The highest BCUT2D eigenvalue weighted by Gasteiger charge is 2.32. The third-order valence-electron chi connectivity index (χ3n) is 2.13. The molecule has 1 rings (SSSR count). The standard InChI is InChI=1S/C11H10BrF3O2/c1-6(16)3-8-9(12)4-7(11(13,14)15)5-10(8)17-2/h4-5H,3H2,1-2H3. The summed E-state index contributed by atoms with van der Waals surface area (Å²) in [5.74, 6) is -0.0920. The predicted molar refractivity (Wildman–Crippen MR) is 60.1 cm³/mol. The Morgan fingerprint density at radius 1 is 1.41 bits per heavy atom. The van der Waals surface area contributed by atoms with Gasteiger partial charge in [0.2, 0.25) is 0 Å². The molecular formula is C11H10BrF3O2. The van der Waals surface area contributed by atoms with Gasteiger partial charge in [-0.05, 0) is 19.1 Å². The molecule has 0 aromatic heterocycles. The van der Waals surface area contributed by atoms with Crippen molar-refractivity contribution in [1.82, 2.24) is 0 Å². The molecule has 0 fully saturated rings. The third kappa shape index (κ3) is 3.46. The number of carbonyl (C=O) groups is 1. The average molecular weight is 311 g/mol. The van der Waals surface area contributed by atoms with E-state index in [9.17, 15) is 18.0 Å². The number of halogens is 4. The maximum atomic E-state index is 12.5. The summed E-state index contributed by atoms with van der Waals surface area (Å²) in [6.07, 6.45) is -4.41. The molecule has 17 heavy (non-hydrogen) atoms. The molecule has 0 unspecified atom stereocenters. The lowest BCUT2D eigenvalue weighted by Gasteiger charge is -2.14. The van der Waals surface area contributed by atoms with Gasteiger partial charge in [0.05, 0.1) is 12.7 Å². The van der Waals surface area contributed by atoms with Crippen LogP contribution in [-0.2, 0) is 17.4 Å². The summed E-state index contributed by atoms with van der Waals surface area (Å²) < 4.78 is 42.7. The molecule has 0 aliphatic carbocycles. The van der Waals surface area contributed by atoms with Crippen molar-refractivity contribution < 1.29 is 22.7 Å². The molecule has 1 aromatic rings. The molecule has 94 valence electrons. The molecule has 0 radical (unpaired) electrons. The molecular weight excluding hydrogens is 301 g/mol. The minimum atomic E-state index is -4.44. The fraction of sp³-hybridized carbons (Fsp3) is 0.364. The summed E-state index contributed by atoms with van der Waals surface area (Å²) in [6, 6.07) is 1.84. The highest BCUT2D eigenvalue weighted by atomic mass is 79.9. The number of carbonyl (C=O) groups excluding carboxylic acids is 1. The zero-order valence-corrected chi connectivity index (χ0v) is 10.8. The lowest BCUT2D eigenvalue weighted by atomic mass is 10.1. The Morgan fingerprint density at radius 2 is 2.00 bits per heavy atom. The number of alkyl halides is 3. The molecule has 0 aliphatic heterocycles. The first-order chi connectivity index (χ1) is 7.75. The summed E-state index contributed by atoms with van der Waals surface area (Å²) in [5, 5.41) is 0. The highest BCUT2D eigenvalue weighted by Crippen LogP contribution is 2.37. The van der Waals surface area contributed by atoms with E-state index >= 15 is 0 Å². The van der Waals surface area contributed by atoms with E-state index in [0.717, 1.165) is 12.1 Å². The van der Waals surface area contributed by atoms with Crippen molar-refractivity contribution in [2.45, 2.75) is 19.5 Å². The van der Waals surface area contributed by atoms with E-state index in [1.165, 1.54) is 14.0 Å². The van der Waals surface area contributed by atoms with Crippen LogP contribution < -0.4 is 4.74 Å². The Bertz CT molecular complexity index is 441. The van der Waals surface area contributed by atoms with Crippen molar-refractivity contribution >= 4 is 21.7 Å². The fourth-order valence-corrected chi connectivity index (χ4v) is 1.96. The van der Waals surface area contributed by atoms with Crippen molar-refractivity contribution in [2.24, 2.45) is 0 Å². The van der Waals surface area contributed by atoms with Crippen LogP contribution in [0.4, 0.5) is 13.2 Å². The topological polar surface area (TPSA) is 26.3 Å². The van der Waals surface area contributed by atoms with Crippen LogP contribution in [0.2, 0.25) is 0 Å². The number of hydrogen-bond acceptors (Lipinski definition) is 2. The van der Waals surface area contributed by atoms with Crippen molar-refractivity contribution in [2.75, 3.05) is 7.11 Å². The summed E-state index contributed by atoms with van der Waals surface area (Å²) >= 11 is 3.03. The van der Waals surface area contributed by atoms with Crippen LogP contribution in [0, 0.1) is 0 Å². The van der Waals surface area contributed by atoms with E-state index in [1.54, 1.807) is 0 Å². The first-order valence-electron chi connectivity index (χ1n) is 4.68. The quantitative estimate of drug-likeness (QED) is 0.852. The Balaban J connectivity index is 3.30. The van der Waals surface area contributed by atoms with E-state index in [4.69, 9.17) is 4.74 Å². The van der Waals surface area contributed by atoms with E-state index < -0.39 is 11.7 Å². The van der Waals surface area contributed by atoms with Gasteiger partial charge in [-0.15, -0.1) is 0 Å². The average Bonchev–Trinajstić information content (AvgIpc) is 2.18. The Morgan fingerprint density at radius 3 is 2.41 bits per heavy atom. The number of Topliss-reactive ketones (excluding diaryl/α,β-unsaturated/α-hetero) is 1. The van der Waals surface area contributed by atoms with Gasteiger partial charge in [-0.2, -0.15) is 13.2 Å². The second kappa shape index (κ2) is 5.08. The molecule has 0 bridgehead atoms. The Kier molecular flexibility index (Phi) is 4.19. The van der Waals surface area contributed by atoms with Crippen LogP contribution in [0.25, 0.3) is 0 Å². The summed E-state index contributed by atoms with van der Waals surface area (Å²) in [6.45, 7) is 1.36. The maximum absolute atomic E-state index is 12.5. The second-order valence-electron chi connectivity index (χ2n) is 3.52. The SMILES string of the molecule is COc1cc(C(F)(F)F)cc(Br)c1CC(C)=O. The van der Waals surface area contributed by atoms with Gasteiger partial charge < -0.3 is 4.74 Å². The zero-order valence-electron chi connectivity index (χ0n) is 9.19. The molecule has 0 heterocycles. The van der Waals surface area contributed by atoms with Gasteiger partial charge in [-0.3, -0.25) is 4.79 Å². The fourth-order valence-electron chi connectivity index (χ4n) is 1.38. The molecule has 0 atom stereocenters. The van der Waals surface area contributed by atoms with Gasteiger partial charge in [0, 0.05) is 16.5 Å². The molecule has 6 heteroatoms. The van der Waals surface area contributed by atoms with Crippen molar-refractivity contribution in [3.05, 3.63) is 27.7 Å². The first kappa shape index (κ1) is 14.0. The Labute approximate surface area is 105 Å². The van der Waals surface area contributed by atoms with E-state index in [0.29, 0.717) is 5.56 Å². The van der Waals surface area contributed by atoms with Gasteiger partial charge in [0.15, 0.2) is 0 Å². The number of methoxy groups -OCH3 is 1. The smallest absolute Gasteiger partial charge is 0.416 e. The molecule has 0 spiro atoms. The van der Waals surface area contributed by atoms with Gasteiger partial charge in [-0.1, -0.05) is 15.9 Å². The van der Waals surface area contributed by atoms with Gasteiger partial charge in [0.25, 0.3) is 0 Å². The normalized spacial score (nSPS) is 11.4. The summed E-state index contributed by atoms with van der Waals surface area (Å²) in [7, 11) is 1.27. The van der Waals surface area contributed by atoms with Crippen LogP contribution in [0.3, 0.4) is 0 Å².